The predicted molar refractivity (Wildman–Crippen MR) is 125 cm³/mol. The van der Waals surface area contributed by atoms with Crippen LogP contribution in [0.5, 0.6) is 0 Å². The quantitative estimate of drug-likeness (QED) is 0.499. The molecule has 0 saturated carbocycles. The second-order valence-electron chi connectivity index (χ2n) is 9.99. The Bertz CT molecular complexity index is 829. The summed E-state index contributed by atoms with van der Waals surface area (Å²) < 4.78 is 6.73. The van der Waals surface area contributed by atoms with Gasteiger partial charge in [-0.05, 0) is 40.0 Å². The number of hydrogen-bond donors (Lipinski definition) is 1. The van der Waals surface area contributed by atoms with Crippen LogP contribution in [0, 0.1) is 11.8 Å². The molecule has 2 bridgehead atoms. The molecule has 3 saturated heterocycles. The number of aliphatic hydroxyl groups is 1. The van der Waals surface area contributed by atoms with E-state index in [-0.39, 0.29) is 30.4 Å². The lowest BCUT2D eigenvalue weighted by Crippen LogP contribution is -2.59. The molecule has 3 amide bonds. The average molecular weight is 462 g/mol. The highest BCUT2D eigenvalue weighted by Gasteiger charge is 2.79. The van der Waals surface area contributed by atoms with Crippen molar-refractivity contribution in [1.29, 1.82) is 0 Å². The fourth-order valence-corrected chi connectivity index (χ4v) is 6.25. The average Bonchev–Trinajstić information content (AvgIpc) is 3.39. The summed E-state index contributed by atoms with van der Waals surface area (Å²) in [5, 5.41) is 9.96. The molecule has 3 aliphatic rings. The molecule has 3 rings (SSSR count). The molecule has 0 radical (unpaired) electrons. The first kappa shape index (κ1) is 25.4. The molecule has 8 heteroatoms. The van der Waals surface area contributed by atoms with E-state index in [4.69, 9.17) is 4.74 Å². The molecule has 0 aromatic heterocycles. The van der Waals surface area contributed by atoms with Crippen LogP contribution >= 0.6 is 0 Å². The monoisotopic (exact) mass is 461 g/mol. The van der Waals surface area contributed by atoms with E-state index in [1.54, 1.807) is 35.9 Å². The third-order valence-electron chi connectivity index (χ3n) is 7.87. The molecule has 0 aromatic carbocycles. The van der Waals surface area contributed by atoms with Gasteiger partial charge >= 0.3 is 0 Å². The number of carbonyl (C=O) groups excluding carboxylic acids is 3. The number of ether oxygens (including phenoxy) is 1. The molecule has 8 nitrogen and oxygen atoms in total. The van der Waals surface area contributed by atoms with E-state index < -0.39 is 35.1 Å². The highest BCUT2D eigenvalue weighted by molar-refractivity contribution is 5.99. The van der Waals surface area contributed by atoms with Crippen molar-refractivity contribution in [2.45, 2.75) is 76.3 Å². The van der Waals surface area contributed by atoms with Gasteiger partial charge in [-0.25, -0.2) is 0 Å². The van der Waals surface area contributed by atoms with Gasteiger partial charge < -0.3 is 24.5 Å². The summed E-state index contributed by atoms with van der Waals surface area (Å²) in [5.74, 6) is -2.09. The van der Waals surface area contributed by atoms with Crippen molar-refractivity contribution < 1.29 is 24.2 Å². The maximum atomic E-state index is 14.0. The van der Waals surface area contributed by atoms with E-state index in [1.807, 2.05) is 20.8 Å². The Morgan fingerprint density at radius 1 is 1.21 bits per heavy atom. The van der Waals surface area contributed by atoms with Gasteiger partial charge in [0.2, 0.25) is 17.7 Å². The molecular weight excluding hydrogens is 422 g/mol. The maximum Gasteiger partial charge on any atom is 0.248 e. The SMILES string of the molecule is C=CCN(C)C(=O)[C@H]1[C@H]2C(=O)N([C@H](C)CO)C(C(=O)N(CC=C)C(C)C)C23CC[C@]1(CC)O3. The zero-order valence-corrected chi connectivity index (χ0v) is 20.6. The fourth-order valence-electron chi connectivity index (χ4n) is 6.25. The van der Waals surface area contributed by atoms with E-state index in [9.17, 15) is 19.5 Å². The molecule has 3 aliphatic heterocycles. The standard InChI is InChI=1S/C25H39N3O5/c1-8-13-26(7)21(30)18-19-22(31)28(17(6)15-29)20(23(32)27(14-9-2)16(4)5)25(19)12-11-24(18,10-3)33-25/h8-9,16-20,29H,1-2,10-15H2,3-7H3/t17-,18-,19+,20?,24+,25?/m1/s1. The van der Waals surface area contributed by atoms with Crippen molar-refractivity contribution >= 4 is 17.7 Å². The van der Waals surface area contributed by atoms with Crippen molar-refractivity contribution in [3.05, 3.63) is 25.3 Å². The summed E-state index contributed by atoms with van der Waals surface area (Å²) in [7, 11) is 1.70. The number of rotatable bonds is 10. The van der Waals surface area contributed by atoms with Crippen LogP contribution in [0.3, 0.4) is 0 Å². The predicted octanol–water partition coefficient (Wildman–Crippen LogP) is 1.59. The van der Waals surface area contributed by atoms with Gasteiger partial charge in [0.1, 0.15) is 11.6 Å². The number of hydrogen-bond acceptors (Lipinski definition) is 5. The Morgan fingerprint density at radius 3 is 2.36 bits per heavy atom. The Labute approximate surface area is 197 Å². The number of amides is 3. The summed E-state index contributed by atoms with van der Waals surface area (Å²) in [6, 6.07) is -1.58. The number of aliphatic hydroxyl groups excluding tert-OH is 1. The van der Waals surface area contributed by atoms with E-state index >= 15 is 0 Å². The molecule has 3 heterocycles. The van der Waals surface area contributed by atoms with E-state index in [0.717, 1.165) is 0 Å². The zero-order valence-electron chi connectivity index (χ0n) is 20.6. The molecule has 2 unspecified atom stereocenters. The van der Waals surface area contributed by atoms with E-state index in [0.29, 0.717) is 32.4 Å². The molecule has 3 fully saturated rings. The van der Waals surface area contributed by atoms with Crippen LogP contribution in [0.25, 0.3) is 0 Å². The second-order valence-corrected chi connectivity index (χ2v) is 9.99. The largest absolute Gasteiger partial charge is 0.394 e. The van der Waals surface area contributed by atoms with Gasteiger partial charge in [0.05, 0.1) is 30.1 Å². The number of carbonyl (C=O) groups is 3. The second kappa shape index (κ2) is 9.22. The topological polar surface area (TPSA) is 90.4 Å². The van der Waals surface area contributed by atoms with E-state index in [2.05, 4.69) is 13.2 Å². The summed E-state index contributed by atoms with van der Waals surface area (Å²) in [6.45, 7) is 15.5. The van der Waals surface area contributed by atoms with Gasteiger partial charge in [-0.1, -0.05) is 19.1 Å². The lowest BCUT2D eigenvalue weighted by Gasteiger charge is -2.39. The van der Waals surface area contributed by atoms with Crippen molar-refractivity contribution in [2.24, 2.45) is 11.8 Å². The molecule has 6 atom stereocenters. The minimum absolute atomic E-state index is 0.109. The van der Waals surface area contributed by atoms with Gasteiger partial charge in [0, 0.05) is 26.2 Å². The van der Waals surface area contributed by atoms with Crippen molar-refractivity contribution in [2.75, 3.05) is 26.7 Å². The molecule has 0 aliphatic carbocycles. The normalized spacial score (nSPS) is 33.2. The third kappa shape index (κ3) is 3.62. The van der Waals surface area contributed by atoms with Gasteiger partial charge in [-0.2, -0.15) is 0 Å². The molecule has 33 heavy (non-hydrogen) atoms. The minimum atomic E-state index is -1.09. The fraction of sp³-hybridized carbons (Fsp3) is 0.720. The third-order valence-corrected chi connectivity index (χ3v) is 7.87. The van der Waals surface area contributed by atoms with Crippen LogP contribution in [0.15, 0.2) is 25.3 Å². The van der Waals surface area contributed by atoms with Crippen LogP contribution in [0.1, 0.15) is 47.0 Å². The Balaban J connectivity index is 2.15. The van der Waals surface area contributed by atoms with Crippen LogP contribution in [-0.2, 0) is 19.1 Å². The molecule has 1 spiro atoms. The zero-order chi connectivity index (χ0) is 24.7. The number of likely N-dealkylation sites (N-methyl/N-ethyl adjacent to an activating group) is 1. The van der Waals surface area contributed by atoms with Crippen molar-refractivity contribution in [3.8, 4) is 0 Å². The summed E-state index contributed by atoms with van der Waals surface area (Å²) >= 11 is 0. The van der Waals surface area contributed by atoms with Crippen LogP contribution in [0.2, 0.25) is 0 Å². The number of likely N-dealkylation sites (tertiary alicyclic amines) is 1. The molecule has 1 N–H and O–H groups in total. The first-order valence-electron chi connectivity index (χ1n) is 12.0. The highest BCUT2D eigenvalue weighted by Crippen LogP contribution is 2.64. The van der Waals surface area contributed by atoms with Gasteiger partial charge in [0.25, 0.3) is 0 Å². The van der Waals surface area contributed by atoms with Crippen LogP contribution in [-0.4, -0.2) is 93.6 Å². The number of nitrogens with zero attached hydrogens (tertiary/aromatic N) is 3. The van der Waals surface area contributed by atoms with Gasteiger partial charge in [0.15, 0.2) is 0 Å². The lowest BCUT2D eigenvalue weighted by molar-refractivity contribution is -0.158. The molecular formula is C25H39N3O5. The highest BCUT2D eigenvalue weighted by atomic mass is 16.5. The first-order valence-corrected chi connectivity index (χ1v) is 12.0. The lowest BCUT2D eigenvalue weighted by atomic mass is 9.64. The van der Waals surface area contributed by atoms with Crippen molar-refractivity contribution in [1.82, 2.24) is 14.7 Å². The Kier molecular flexibility index (Phi) is 7.10. The van der Waals surface area contributed by atoms with Gasteiger partial charge in [-0.3, -0.25) is 14.4 Å². The smallest absolute Gasteiger partial charge is 0.248 e. The number of fused-ring (bicyclic) bond motifs is 1. The van der Waals surface area contributed by atoms with Crippen LogP contribution in [0.4, 0.5) is 0 Å². The van der Waals surface area contributed by atoms with Crippen molar-refractivity contribution in [3.63, 3.8) is 0 Å². The minimum Gasteiger partial charge on any atom is -0.394 e. The Hall–Kier alpha value is -2.19. The molecule has 0 aromatic rings. The first-order chi connectivity index (χ1) is 15.6. The molecule has 184 valence electrons. The maximum absolute atomic E-state index is 14.0. The summed E-state index contributed by atoms with van der Waals surface area (Å²) in [6.07, 6.45) is 5.03. The summed E-state index contributed by atoms with van der Waals surface area (Å²) in [4.78, 5) is 46.3. The van der Waals surface area contributed by atoms with E-state index in [1.165, 1.54) is 4.90 Å². The summed E-state index contributed by atoms with van der Waals surface area (Å²) in [5.41, 5.74) is -1.86. The van der Waals surface area contributed by atoms with Crippen LogP contribution < -0.4 is 0 Å². The Morgan fingerprint density at radius 2 is 1.85 bits per heavy atom. The van der Waals surface area contributed by atoms with Gasteiger partial charge in [-0.15, -0.1) is 13.2 Å².